The van der Waals surface area contributed by atoms with Crippen LogP contribution in [0.1, 0.15) is 51.7 Å². The van der Waals surface area contributed by atoms with Gasteiger partial charge in [0.05, 0.1) is 17.9 Å². The standard InChI is InChI=1S/C22H28N2O2/c1-15(2)12-20-13-19(24-16(3)25)14-22(26-20)18-9-7-17(8-10-18)21-6-4-5-11-23-21/h4-11,15,19-20,22H,12-14H2,1-3H3,(H,24,25)/t19-,20+,22+/m1/s1. The van der Waals surface area contributed by atoms with Crippen LogP contribution < -0.4 is 5.32 Å². The first-order valence-electron chi connectivity index (χ1n) is 9.45. The molecule has 1 N–H and O–H groups in total. The molecule has 2 heterocycles. The molecule has 1 fully saturated rings. The summed E-state index contributed by atoms with van der Waals surface area (Å²) in [5, 5.41) is 3.09. The van der Waals surface area contributed by atoms with Gasteiger partial charge in [-0.2, -0.15) is 0 Å². The Morgan fingerprint density at radius 1 is 1.19 bits per heavy atom. The Kier molecular flexibility index (Phi) is 6.04. The number of hydrogen-bond acceptors (Lipinski definition) is 3. The van der Waals surface area contributed by atoms with E-state index in [4.69, 9.17) is 4.74 Å². The number of carbonyl (C=O) groups is 1. The average molecular weight is 352 g/mol. The molecular weight excluding hydrogens is 324 g/mol. The van der Waals surface area contributed by atoms with Crippen molar-refractivity contribution < 1.29 is 9.53 Å². The molecule has 0 unspecified atom stereocenters. The molecule has 138 valence electrons. The van der Waals surface area contributed by atoms with E-state index in [2.05, 4.69) is 48.4 Å². The van der Waals surface area contributed by atoms with Crippen molar-refractivity contribution in [2.75, 3.05) is 0 Å². The summed E-state index contributed by atoms with van der Waals surface area (Å²) in [6.45, 7) is 6.01. The quantitative estimate of drug-likeness (QED) is 0.861. The molecule has 0 radical (unpaired) electrons. The van der Waals surface area contributed by atoms with Crippen LogP contribution in [0.25, 0.3) is 11.3 Å². The Morgan fingerprint density at radius 3 is 2.58 bits per heavy atom. The van der Waals surface area contributed by atoms with Gasteiger partial charge in [-0.25, -0.2) is 0 Å². The van der Waals surface area contributed by atoms with Crippen molar-refractivity contribution in [3.63, 3.8) is 0 Å². The van der Waals surface area contributed by atoms with Crippen LogP contribution in [0.5, 0.6) is 0 Å². The van der Waals surface area contributed by atoms with E-state index in [1.165, 1.54) is 0 Å². The van der Waals surface area contributed by atoms with Gasteiger partial charge in [-0.05, 0) is 42.9 Å². The fourth-order valence-corrected chi connectivity index (χ4v) is 3.71. The van der Waals surface area contributed by atoms with E-state index in [-0.39, 0.29) is 24.2 Å². The topological polar surface area (TPSA) is 51.2 Å². The van der Waals surface area contributed by atoms with Gasteiger partial charge in [0, 0.05) is 24.7 Å². The largest absolute Gasteiger partial charge is 0.370 e. The smallest absolute Gasteiger partial charge is 0.217 e. The van der Waals surface area contributed by atoms with Crippen LogP contribution in [0.3, 0.4) is 0 Å². The van der Waals surface area contributed by atoms with Gasteiger partial charge in [-0.3, -0.25) is 9.78 Å². The van der Waals surface area contributed by atoms with E-state index < -0.39 is 0 Å². The summed E-state index contributed by atoms with van der Waals surface area (Å²) in [7, 11) is 0. The third kappa shape index (κ3) is 4.92. The van der Waals surface area contributed by atoms with E-state index in [0.29, 0.717) is 5.92 Å². The monoisotopic (exact) mass is 352 g/mol. The number of aromatic nitrogens is 1. The van der Waals surface area contributed by atoms with Gasteiger partial charge in [0.1, 0.15) is 0 Å². The molecular formula is C22H28N2O2. The lowest BCUT2D eigenvalue weighted by Gasteiger charge is -2.36. The first-order chi connectivity index (χ1) is 12.5. The zero-order chi connectivity index (χ0) is 18.5. The van der Waals surface area contributed by atoms with Gasteiger partial charge in [0.2, 0.25) is 5.91 Å². The average Bonchev–Trinajstić information content (AvgIpc) is 2.61. The summed E-state index contributed by atoms with van der Waals surface area (Å²) >= 11 is 0. The van der Waals surface area contributed by atoms with Gasteiger partial charge in [-0.15, -0.1) is 0 Å². The third-order valence-corrected chi connectivity index (χ3v) is 4.79. The number of benzene rings is 1. The zero-order valence-electron chi connectivity index (χ0n) is 15.8. The van der Waals surface area contributed by atoms with Crippen LogP contribution >= 0.6 is 0 Å². The summed E-state index contributed by atoms with van der Waals surface area (Å²) in [6, 6.07) is 14.5. The van der Waals surface area contributed by atoms with Crippen molar-refractivity contribution in [3.8, 4) is 11.3 Å². The highest BCUT2D eigenvalue weighted by molar-refractivity contribution is 5.73. The number of ether oxygens (including phenoxy) is 1. The first kappa shape index (κ1) is 18.6. The molecule has 1 saturated heterocycles. The van der Waals surface area contributed by atoms with Gasteiger partial charge >= 0.3 is 0 Å². The maximum absolute atomic E-state index is 11.5. The maximum Gasteiger partial charge on any atom is 0.217 e. The van der Waals surface area contributed by atoms with Gasteiger partial charge < -0.3 is 10.1 Å². The molecule has 3 rings (SSSR count). The maximum atomic E-state index is 11.5. The molecule has 1 aromatic carbocycles. The van der Waals surface area contributed by atoms with Crippen LogP contribution in [0, 0.1) is 5.92 Å². The number of nitrogens with one attached hydrogen (secondary N) is 1. The highest BCUT2D eigenvalue weighted by atomic mass is 16.5. The summed E-state index contributed by atoms with van der Waals surface area (Å²) in [5.74, 6) is 0.604. The molecule has 1 aromatic heterocycles. The fraction of sp³-hybridized carbons (Fsp3) is 0.455. The van der Waals surface area contributed by atoms with Gasteiger partial charge in [0.15, 0.2) is 0 Å². The molecule has 0 aliphatic carbocycles. The zero-order valence-corrected chi connectivity index (χ0v) is 15.8. The Morgan fingerprint density at radius 2 is 1.96 bits per heavy atom. The normalized spacial score (nSPS) is 23.0. The lowest BCUT2D eigenvalue weighted by atomic mass is 9.90. The highest BCUT2D eigenvalue weighted by Gasteiger charge is 2.31. The second-order valence-corrected chi connectivity index (χ2v) is 7.58. The second-order valence-electron chi connectivity index (χ2n) is 7.58. The van der Waals surface area contributed by atoms with Crippen molar-refractivity contribution in [2.45, 2.75) is 58.3 Å². The van der Waals surface area contributed by atoms with Crippen LogP contribution in [0.4, 0.5) is 0 Å². The Labute approximate surface area is 156 Å². The minimum Gasteiger partial charge on any atom is -0.370 e. The van der Waals surface area contributed by atoms with Crippen molar-refractivity contribution >= 4 is 5.91 Å². The van der Waals surface area contributed by atoms with E-state index in [0.717, 1.165) is 36.1 Å². The Bertz CT molecular complexity index is 713. The predicted octanol–water partition coefficient (Wildman–Crippen LogP) is 4.52. The van der Waals surface area contributed by atoms with Crippen molar-refractivity contribution in [3.05, 3.63) is 54.2 Å². The third-order valence-electron chi connectivity index (χ3n) is 4.79. The first-order valence-corrected chi connectivity index (χ1v) is 9.45. The number of amides is 1. The van der Waals surface area contributed by atoms with Gasteiger partial charge in [-0.1, -0.05) is 44.2 Å². The molecule has 4 nitrogen and oxygen atoms in total. The molecule has 1 aliphatic rings. The van der Waals surface area contributed by atoms with E-state index in [1.54, 1.807) is 6.92 Å². The fourth-order valence-electron chi connectivity index (χ4n) is 3.71. The molecule has 1 aliphatic heterocycles. The summed E-state index contributed by atoms with van der Waals surface area (Å²) in [6.07, 6.45) is 4.72. The highest BCUT2D eigenvalue weighted by Crippen LogP contribution is 2.34. The number of carbonyl (C=O) groups excluding carboxylic acids is 1. The Hall–Kier alpha value is -2.20. The van der Waals surface area contributed by atoms with E-state index in [9.17, 15) is 4.79 Å². The number of pyridine rings is 1. The molecule has 2 aromatic rings. The molecule has 0 bridgehead atoms. The molecule has 1 amide bonds. The predicted molar refractivity (Wildman–Crippen MR) is 104 cm³/mol. The van der Waals surface area contributed by atoms with Gasteiger partial charge in [0.25, 0.3) is 0 Å². The lowest BCUT2D eigenvalue weighted by Crippen LogP contribution is -2.42. The van der Waals surface area contributed by atoms with Crippen LogP contribution in [-0.4, -0.2) is 23.0 Å². The minimum atomic E-state index is 0.0159. The van der Waals surface area contributed by atoms with Crippen molar-refractivity contribution in [1.82, 2.24) is 10.3 Å². The number of rotatable bonds is 5. The van der Waals surface area contributed by atoms with Crippen molar-refractivity contribution in [2.24, 2.45) is 5.92 Å². The summed E-state index contributed by atoms with van der Waals surface area (Å²) in [5.41, 5.74) is 3.23. The molecule has 4 heteroatoms. The van der Waals surface area contributed by atoms with E-state index >= 15 is 0 Å². The van der Waals surface area contributed by atoms with E-state index in [1.807, 2.05) is 24.4 Å². The number of hydrogen-bond donors (Lipinski definition) is 1. The molecule has 26 heavy (non-hydrogen) atoms. The van der Waals surface area contributed by atoms with Crippen LogP contribution in [0.15, 0.2) is 48.7 Å². The SMILES string of the molecule is CC(=O)N[C@@H]1C[C@H](CC(C)C)O[C@H](c2ccc(-c3ccccn3)cc2)C1. The minimum absolute atomic E-state index is 0.0159. The summed E-state index contributed by atoms with van der Waals surface area (Å²) < 4.78 is 6.37. The molecule has 0 saturated carbocycles. The van der Waals surface area contributed by atoms with Crippen LogP contribution in [0.2, 0.25) is 0 Å². The second kappa shape index (κ2) is 8.45. The Balaban J connectivity index is 1.76. The van der Waals surface area contributed by atoms with Crippen molar-refractivity contribution in [1.29, 1.82) is 0 Å². The van der Waals surface area contributed by atoms with Crippen LogP contribution in [-0.2, 0) is 9.53 Å². The number of nitrogens with zero attached hydrogens (tertiary/aromatic N) is 1. The summed E-state index contributed by atoms with van der Waals surface area (Å²) in [4.78, 5) is 15.9. The lowest BCUT2D eigenvalue weighted by molar-refractivity contribution is -0.122. The molecule has 0 spiro atoms. The molecule has 3 atom stereocenters.